The number of aliphatic hydroxyl groups is 1. The zero-order valence-electron chi connectivity index (χ0n) is 9.03. The fourth-order valence-corrected chi connectivity index (χ4v) is 1.92. The van der Waals surface area contributed by atoms with Crippen LogP contribution < -0.4 is 10.2 Å². The van der Waals surface area contributed by atoms with Crippen molar-refractivity contribution in [2.24, 2.45) is 0 Å². The number of rotatable bonds is 2. The molecule has 0 unspecified atom stereocenters. The molecule has 15 heavy (non-hydrogen) atoms. The molecule has 0 amide bonds. The van der Waals surface area contributed by atoms with Crippen LogP contribution in [-0.2, 0) is 6.61 Å². The standard InChI is InChI=1S/C11H17N3O/c1-9-6-10(8-15)7-13-11(9)14-4-2-12-3-5-14/h6-7,12,15H,2-5,8H2,1H3. The maximum absolute atomic E-state index is 9.00. The average molecular weight is 207 g/mol. The van der Waals surface area contributed by atoms with E-state index in [4.69, 9.17) is 5.11 Å². The topological polar surface area (TPSA) is 48.4 Å². The highest BCUT2D eigenvalue weighted by molar-refractivity contribution is 5.47. The molecule has 0 atom stereocenters. The predicted molar refractivity (Wildman–Crippen MR) is 60.0 cm³/mol. The summed E-state index contributed by atoms with van der Waals surface area (Å²) < 4.78 is 0. The van der Waals surface area contributed by atoms with Crippen molar-refractivity contribution in [2.75, 3.05) is 31.1 Å². The Morgan fingerprint density at radius 1 is 1.47 bits per heavy atom. The molecule has 1 aliphatic rings. The smallest absolute Gasteiger partial charge is 0.131 e. The molecule has 82 valence electrons. The molecule has 1 aliphatic heterocycles. The van der Waals surface area contributed by atoms with Crippen molar-refractivity contribution in [1.82, 2.24) is 10.3 Å². The van der Waals surface area contributed by atoms with Gasteiger partial charge >= 0.3 is 0 Å². The van der Waals surface area contributed by atoms with Crippen molar-refractivity contribution in [2.45, 2.75) is 13.5 Å². The Kier molecular flexibility index (Phi) is 3.18. The minimum atomic E-state index is 0.0652. The van der Waals surface area contributed by atoms with Crippen molar-refractivity contribution in [1.29, 1.82) is 0 Å². The van der Waals surface area contributed by atoms with Gasteiger partial charge in [0, 0.05) is 32.4 Å². The Balaban J connectivity index is 2.19. The Morgan fingerprint density at radius 2 is 2.20 bits per heavy atom. The molecule has 4 heteroatoms. The molecule has 1 aromatic rings. The highest BCUT2D eigenvalue weighted by atomic mass is 16.3. The fourth-order valence-electron chi connectivity index (χ4n) is 1.92. The second kappa shape index (κ2) is 4.59. The maximum Gasteiger partial charge on any atom is 0.131 e. The second-order valence-electron chi connectivity index (χ2n) is 3.88. The van der Waals surface area contributed by atoms with Gasteiger partial charge in [-0.15, -0.1) is 0 Å². The minimum Gasteiger partial charge on any atom is -0.392 e. The lowest BCUT2D eigenvalue weighted by molar-refractivity contribution is 0.281. The number of aromatic nitrogens is 1. The number of pyridine rings is 1. The summed E-state index contributed by atoms with van der Waals surface area (Å²) in [6.45, 7) is 6.16. The van der Waals surface area contributed by atoms with Crippen LogP contribution >= 0.6 is 0 Å². The summed E-state index contributed by atoms with van der Waals surface area (Å²) in [7, 11) is 0. The molecule has 0 aliphatic carbocycles. The molecule has 2 N–H and O–H groups in total. The van der Waals surface area contributed by atoms with E-state index in [-0.39, 0.29) is 6.61 Å². The molecule has 2 rings (SSSR count). The first kappa shape index (κ1) is 10.4. The molecule has 0 spiro atoms. The minimum absolute atomic E-state index is 0.0652. The monoisotopic (exact) mass is 207 g/mol. The number of piperazine rings is 1. The molecule has 0 aromatic carbocycles. The Bertz CT molecular complexity index is 335. The van der Waals surface area contributed by atoms with Crippen molar-refractivity contribution in [3.8, 4) is 0 Å². The summed E-state index contributed by atoms with van der Waals surface area (Å²) in [4.78, 5) is 6.70. The molecule has 2 heterocycles. The van der Waals surface area contributed by atoms with Crippen LogP contribution in [-0.4, -0.2) is 36.3 Å². The van der Waals surface area contributed by atoms with Crippen LogP contribution in [0.5, 0.6) is 0 Å². The SMILES string of the molecule is Cc1cc(CO)cnc1N1CCNCC1. The Labute approximate surface area is 89.9 Å². The lowest BCUT2D eigenvalue weighted by Gasteiger charge is -2.29. The van der Waals surface area contributed by atoms with Gasteiger partial charge in [0.25, 0.3) is 0 Å². The number of anilines is 1. The Morgan fingerprint density at radius 3 is 2.80 bits per heavy atom. The van der Waals surface area contributed by atoms with Gasteiger partial charge in [0.2, 0.25) is 0 Å². The number of nitrogens with zero attached hydrogens (tertiary/aromatic N) is 2. The van der Waals surface area contributed by atoms with Crippen molar-refractivity contribution < 1.29 is 5.11 Å². The summed E-state index contributed by atoms with van der Waals surface area (Å²) in [6, 6.07) is 2.00. The predicted octanol–water partition coefficient (Wildman–Crippen LogP) is 0.292. The van der Waals surface area contributed by atoms with Gasteiger partial charge < -0.3 is 15.3 Å². The van der Waals surface area contributed by atoms with Gasteiger partial charge in [0.15, 0.2) is 0 Å². The highest BCUT2D eigenvalue weighted by Gasteiger charge is 2.13. The molecule has 0 radical (unpaired) electrons. The van der Waals surface area contributed by atoms with E-state index in [1.807, 2.05) is 13.0 Å². The van der Waals surface area contributed by atoms with E-state index in [0.29, 0.717) is 0 Å². The van der Waals surface area contributed by atoms with Gasteiger partial charge in [-0.2, -0.15) is 0 Å². The van der Waals surface area contributed by atoms with E-state index in [1.54, 1.807) is 6.20 Å². The van der Waals surface area contributed by atoms with E-state index in [2.05, 4.69) is 15.2 Å². The molecule has 1 aromatic heterocycles. The zero-order valence-corrected chi connectivity index (χ0v) is 9.03. The molecule has 1 saturated heterocycles. The van der Waals surface area contributed by atoms with Crippen LogP contribution in [0.2, 0.25) is 0 Å². The highest BCUT2D eigenvalue weighted by Crippen LogP contribution is 2.18. The van der Waals surface area contributed by atoms with Crippen LogP contribution in [0.15, 0.2) is 12.3 Å². The van der Waals surface area contributed by atoms with Crippen LogP contribution in [0, 0.1) is 6.92 Å². The first-order valence-electron chi connectivity index (χ1n) is 5.33. The number of hydrogen-bond donors (Lipinski definition) is 2. The first-order valence-corrected chi connectivity index (χ1v) is 5.33. The van der Waals surface area contributed by atoms with Gasteiger partial charge in [-0.3, -0.25) is 0 Å². The summed E-state index contributed by atoms with van der Waals surface area (Å²) >= 11 is 0. The van der Waals surface area contributed by atoms with Crippen LogP contribution in [0.4, 0.5) is 5.82 Å². The van der Waals surface area contributed by atoms with Crippen LogP contribution in [0.1, 0.15) is 11.1 Å². The van der Waals surface area contributed by atoms with Crippen molar-refractivity contribution in [3.63, 3.8) is 0 Å². The Hall–Kier alpha value is -1.13. The van der Waals surface area contributed by atoms with E-state index in [9.17, 15) is 0 Å². The second-order valence-corrected chi connectivity index (χ2v) is 3.88. The molecule has 0 saturated carbocycles. The van der Waals surface area contributed by atoms with Gasteiger partial charge in [-0.05, 0) is 24.1 Å². The van der Waals surface area contributed by atoms with Crippen LogP contribution in [0.25, 0.3) is 0 Å². The molecule has 0 bridgehead atoms. The molecular formula is C11H17N3O. The lowest BCUT2D eigenvalue weighted by atomic mass is 10.2. The molecular weight excluding hydrogens is 190 g/mol. The van der Waals surface area contributed by atoms with Crippen LogP contribution in [0.3, 0.4) is 0 Å². The average Bonchev–Trinajstić information content (AvgIpc) is 2.30. The molecule has 1 fully saturated rings. The number of aryl methyl sites for hydroxylation is 1. The van der Waals surface area contributed by atoms with E-state index in [1.165, 1.54) is 0 Å². The number of nitrogens with one attached hydrogen (secondary N) is 1. The largest absolute Gasteiger partial charge is 0.392 e. The summed E-state index contributed by atoms with van der Waals surface area (Å²) in [5.74, 6) is 1.05. The van der Waals surface area contributed by atoms with Gasteiger partial charge in [0.05, 0.1) is 6.61 Å². The van der Waals surface area contributed by atoms with E-state index < -0.39 is 0 Å². The normalized spacial score (nSPS) is 16.8. The number of hydrogen-bond acceptors (Lipinski definition) is 4. The van der Waals surface area contributed by atoms with Gasteiger partial charge in [-0.1, -0.05) is 0 Å². The van der Waals surface area contributed by atoms with Gasteiger partial charge in [-0.25, -0.2) is 4.98 Å². The summed E-state index contributed by atoms with van der Waals surface area (Å²) in [6.07, 6.45) is 1.75. The fraction of sp³-hybridized carbons (Fsp3) is 0.545. The lowest BCUT2D eigenvalue weighted by Crippen LogP contribution is -2.44. The third-order valence-electron chi connectivity index (χ3n) is 2.71. The first-order chi connectivity index (χ1) is 7.31. The quantitative estimate of drug-likeness (QED) is 0.732. The van der Waals surface area contributed by atoms with Crippen molar-refractivity contribution >= 4 is 5.82 Å². The van der Waals surface area contributed by atoms with Gasteiger partial charge in [0.1, 0.15) is 5.82 Å². The van der Waals surface area contributed by atoms with E-state index in [0.717, 1.165) is 43.1 Å². The van der Waals surface area contributed by atoms with Crippen molar-refractivity contribution in [3.05, 3.63) is 23.4 Å². The number of aliphatic hydroxyl groups excluding tert-OH is 1. The zero-order chi connectivity index (χ0) is 10.7. The van der Waals surface area contributed by atoms with E-state index >= 15 is 0 Å². The summed E-state index contributed by atoms with van der Waals surface area (Å²) in [5, 5.41) is 12.3. The third-order valence-corrected chi connectivity index (χ3v) is 2.71. The third kappa shape index (κ3) is 2.27. The molecule has 4 nitrogen and oxygen atoms in total. The maximum atomic E-state index is 9.00. The summed E-state index contributed by atoms with van der Waals surface area (Å²) in [5.41, 5.74) is 2.02.